The Morgan fingerprint density at radius 1 is 1.25 bits per heavy atom. The molecule has 124 valence electrons. The summed E-state index contributed by atoms with van der Waals surface area (Å²) in [6.45, 7) is 3.35. The van der Waals surface area contributed by atoms with Gasteiger partial charge in [0.2, 0.25) is 0 Å². The van der Waals surface area contributed by atoms with Crippen LogP contribution in [0.2, 0.25) is 0 Å². The summed E-state index contributed by atoms with van der Waals surface area (Å²) in [4.78, 5) is 17.4. The van der Waals surface area contributed by atoms with E-state index in [0.717, 1.165) is 40.3 Å². The second-order valence-electron chi connectivity index (χ2n) is 5.86. The van der Waals surface area contributed by atoms with Crippen LogP contribution in [0.5, 0.6) is 0 Å². The van der Waals surface area contributed by atoms with Crippen LogP contribution in [0.25, 0.3) is 21.8 Å². The number of hydrogen-bond acceptors (Lipinski definition) is 3. The first-order valence-electron chi connectivity index (χ1n) is 8.03. The summed E-state index contributed by atoms with van der Waals surface area (Å²) in [7, 11) is 1.88. The van der Waals surface area contributed by atoms with Gasteiger partial charge in [0.1, 0.15) is 0 Å². The fourth-order valence-corrected chi connectivity index (χ4v) is 3.05. The molecule has 1 amide bonds. The van der Waals surface area contributed by atoms with E-state index in [9.17, 15) is 4.79 Å². The van der Waals surface area contributed by atoms with E-state index in [-0.39, 0.29) is 5.91 Å². The Labute approximate surface area is 146 Å². The Hall–Kier alpha value is -2.17. The number of para-hydroxylation sites is 1. The minimum Gasteiger partial charge on any atom is -0.320 e. The van der Waals surface area contributed by atoms with E-state index in [1.165, 1.54) is 4.42 Å². The number of nitrogens with zero attached hydrogens (tertiary/aromatic N) is 2. The van der Waals surface area contributed by atoms with Crippen LogP contribution in [0.4, 0.5) is 0 Å². The molecule has 3 aromatic rings. The lowest BCUT2D eigenvalue weighted by atomic mass is 10.0. The van der Waals surface area contributed by atoms with Crippen LogP contribution in [0, 0.1) is 6.92 Å². The molecule has 0 atom stereocenters. The highest BCUT2D eigenvalue weighted by Crippen LogP contribution is 2.25. The molecule has 1 aromatic heterocycles. The summed E-state index contributed by atoms with van der Waals surface area (Å²) in [5.41, 5.74) is 3.48. The number of rotatable bonds is 5. The number of carbonyl (C=O) groups is 1. The molecule has 0 saturated heterocycles. The molecule has 5 heteroatoms. The Bertz CT molecular complexity index is 894. The van der Waals surface area contributed by atoms with Gasteiger partial charge in [-0.05, 0) is 50.7 Å². The zero-order valence-corrected chi connectivity index (χ0v) is 14.6. The van der Waals surface area contributed by atoms with Crippen LogP contribution < -0.4 is 5.32 Å². The highest BCUT2D eigenvalue weighted by atomic mass is 35.5. The lowest BCUT2D eigenvalue weighted by Crippen LogP contribution is -2.25. The number of halogens is 1. The molecule has 0 aliphatic heterocycles. The second kappa shape index (κ2) is 7.16. The molecule has 3 rings (SSSR count). The van der Waals surface area contributed by atoms with E-state index in [2.05, 4.69) is 5.32 Å². The molecule has 0 aliphatic rings. The maximum atomic E-state index is 12.7. The third kappa shape index (κ3) is 3.21. The fraction of sp³-hybridized carbons (Fsp3) is 0.263. The standard InChI is InChI=1S/C19H20ClN3O/c1-13-6-3-7-14-12-16-15(8-4-9-17(16)22-18(13)14)19(24)23(20)11-5-10-21-2/h3-4,6-9,12,21H,5,10-11H2,1-2H3. The van der Waals surface area contributed by atoms with Crippen LogP contribution in [0.15, 0.2) is 42.5 Å². The quantitative estimate of drug-likeness (QED) is 0.435. The normalized spacial score (nSPS) is 11.1. The van der Waals surface area contributed by atoms with Crippen molar-refractivity contribution in [2.24, 2.45) is 0 Å². The molecule has 0 spiro atoms. The number of carbonyl (C=O) groups excluding carboxylic acids is 1. The van der Waals surface area contributed by atoms with E-state index >= 15 is 0 Å². The summed E-state index contributed by atoms with van der Waals surface area (Å²) in [5, 5.41) is 4.91. The van der Waals surface area contributed by atoms with Crippen molar-refractivity contribution in [1.29, 1.82) is 0 Å². The highest BCUT2D eigenvalue weighted by molar-refractivity contribution is 6.26. The maximum Gasteiger partial charge on any atom is 0.268 e. The number of hydrogen-bond donors (Lipinski definition) is 1. The first-order valence-corrected chi connectivity index (χ1v) is 8.37. The van der Waals surface area contributed by atoms with Crippen LogP contribution in [0.3, 0.4) is 0 Å². The maximum absolute atomic E-state index is 12.7. The van der Waals surface area contributed by atoms with Gasteiger partial charge in [-0.15, -0.1) is 0 Å². The average molecular weight is 342 g/mol. The monoisotopic (exact) mass is 341 g/mol. The highest BCUT2D eigenvalue weighted by Gasteiger charge is 2.17. The van der Waals surface area contributed by atoms with Gasteiger partial charge in [-0.25, -0.2) is 4.98 Å². The lowest BCUT2D eigenvalue weighted by molar-refractivity contribution is 0.0864. The smallest absolute Gasteiger partial charge is 0.268 e. The van der Waals surface area contributed by atoms with Gasteiger partial charge >= 0.3 is 0 Å². The molecule has 24 heavy (non-hydrogen) atoms. The van der Waals surface area contributed by atoms with Crippen molar-refractivity contribution in [3.63, 3.8) is 0 Å². The number of pyridine rings is 1. The summed E-state index contributed by atoms with van der Waals surface area (Å²) < 4.78 is 1.26. The molecule has 0 bridgehead atoms. The molecule has 2 aromatic carbocycles. The largest absolute Gasteiger partial charge is 0.320 e. The average Bonchev–Trinajstić information content (AvgIpc) is 2.59. The Kier molecular flexibility index (Phi) is 4.97. The van der Waals surface area contributed by atoms with Gasteiger partial charge in [-0.3, -0.25) is 9.21 Å². The summed E-state index contributed by atoms with van der Waals surface area (Å²) in [6.07, 6.45) is 0.802. The van der Waals surface area contributed by atoms with Crippen molar-refractivity contribution in [3.8, 4) is 0 Å². The van der Waals surface area contributed by atoms with E-state index in [4.69, 9.17) is 16.8 Å². The summed E-state index contributed by atoms with van der Waals surface area (Å²) in [6, 6.07) is 13.7. The van der Waals surface area contributed by atoms with Crippen molar-refractivity contribution in [2.45, 2.75) is 13.3 Å². The third-order valence-electron chi connectivity index (χ3n) is 4.12. The van der Waals surface area contributed by atoms with E-state index in [0.29, 0.717) is 12.1 Å². The van der Waals surface area contributed by atoms with E-state index in [1.807, 2.05) is 50.4 Å². The van der Waals surface area contributed by atoms with Gasteiger partial charge in [0.25, 0.3) is 5.91 Å². The molecule has 0 unspecified atom stereocenters. The molecule has 0 fully saturated rings. The number of fused-ring (bicyclic) bond motifs is 2. The minimum atomic E-state index is -0.188. The van der Waals surface area contributed by atoms with Gasteiger partial charge in [-0.1, -0.05) is 24.3 Å². The molecule has 4 nitrogen and oxygen atoms in total. The molecule has 0 radical (unpaired) electrons. The van der Waals surface area contributed by atoms with Gasteiger partial charge < -0.3 is 5.32 Å². The molecular formula is C19H20ClN3O. The van der Waals surface area contributed by atoms with Gasteiger partial charge in [-0.2, -0.15) is 0 Å². The van der Waals surface area contributed by atoms with Gasteiger partial charge in [0, 0.05) is 29.1 Å². The van der Waals surface area contributed by atoms with E-state index < -0.39 is 0 Å². The number of aromatic nitrogens is 1. The lowest BCUT2D eigenvalue weighted by Gasteiger charge is -2.15. The van der Waals surface area contributed by atoms with Crippen LogP contribution >= 0.6 is 11.8 Å². The van der Waals surface area contributed by atoms with Crippen molar-refractivity contribution in [3.05, 3.63) is 53.6 Å². The number of aryl methyl sites for hydroxylation is 1. The Morgan fingerprint density at radius 3 is 2.83 bits per heavy atom. The van der Waals surface area contributed by atoms with Crippen LogP contribution in [-0.4, -0.2) is 35.4 Å². The van der Waals surface area contributed by atoms with Crippen molar-refractivity contribution >= 4 is 39.5 Å². The SMILES string of the molecule is CNCCCN(Cl)C(=O)c1cccc2nc3c(C)cccc3cc12. The topological polar surface area (TPSA) is 45.2 Å². The van der Waals surface area contributed by atoms with Gasteiger partial charge in [0.15, 0.2) is 0 Å². The molecule has 1 heterocycles. The number of benzene rings is 2. The minimum absolute atomic E-state index is 0.188. The van der Waals surface area contributed by atoms with Crippen LogP contribution in [-0.2, 0) is 0 Å². The summed E-state index contributed by atoms with van der Waals surface area (Å²) >= 11 is 6.18. The molecule has 1 N–H and O–H groups in total. The zero-order chi connectivity index (χ0) is 17.1. The van der Waals surface area contributed by atoms with Crippen LogP contribution in [0.1, 0.15) is 22.3 Å². The third-order valence-corrected chi connectivity index (χ3v) is 4.44. The van der Waals surface area contributed by atoms with Crippen molar-refractivity contribution < 1.29 is 4.79 Å². The Balaban J connectivity index is 2.03. The van der Waals surface area contributed by atoms with E-state index in [1.54, 1.807) is 6.07 Å². The fourth-order valence-electron chi connectivity index (χ4n) is 2.84. The predicted molar refractivity (Wildman–Crippen MR) is 99.4 cm³/mol. The van der Waals surface area contributed by atoms with Crippen molar-refractivity contribution in [2.75, 3.05) is 20.1 Å². The Morgan fingerprint density at radius 2 is 2.04 bits per heavy atom. The number of nitrogens with one attached hydrogen (secondary N) is 1. The first kappa shape index (κ1) is 16.7. The number of amides is 1. The van der Waals surface area contributed by atoms with Crippen molar-refractivity contribution in [1.82, 2.24) is 14.7 Å². The molecule has 0 aliphatic carbocycles. The molecular weight excluding hydrogens is 322 g/mol. The molecule has 0 saturated carbocycles. The first-order chi connectivity index (χ1) is 11.6. The zero-order valence-electron chi connectivity index (χ0n) is 13.8. The summed E-state index contributed by atoms with van der Waals surface area (Å²) in [5.74, 6) is -0.188. The second-order valence-corrected chi connectivity index (χ2v) is 6.26. The predicted octanol–water partition coefficient (Wildman–Crippen LogP) is 3.90. The van der Waals surface area contributed by atoms with Gasteiger partial charge in [0.05, 0.1) is 16.6 Å².